The Hall–Kier alpha value is -2.97. The summed E-state index contributed by atoms with van der Waals surface area (Å²) in [5.74, 6) is -3.46. The number of esters is 1. The maximum absolute atomic E-state index is 14.7. The number of nitrogens with one attached hydrogen (secondary N) is 2. The Morgan fingerprint density at radius 3 is 2.60 bits per heavy atom. The summed E-state index contributed by atoms with van der Waals surface area (Å²) in [5, 5.41) is 3.74. The van der Waals surface area contributed by atoms with Gasteiger partial charge in [0, 0.05) is 12.2 Å². The van der Waals surface area contributed by atoms with Crippen LogP contribution in [0.2, 0.25) is 0 Å². The first-order chi connectivity index (χ1) is 12.0. The molecule has 2 aromatic heterocycles. The molecule has 2 heterocycles. The number of nitrogens with zero attached hydrogens (tertiary/aromatic N) is 1. The second-order valence-electron chi connectivity index (χ2n) is 5.91. The van der Waals surface area contributed by atoms with Crippen LogP contribution in [-0.4, -0.2) is 27.3 Å². The van der Waals surface area contributed by atoms with Gasteiger partial charge in [-0.2, -0.15) is 0 Å². The maximum atomic E-state index is 14.7. The zero-order valence-corrected chi connectivity index (χ0v) is 13.1. The fraction of sp³-hybridized carbons (Fsp3) is 0.312. The lowest BCUT2D eigenvalue weighted by atomic mass is 10.1. The molecule has 2 N–H and O–H groups in total. The van der Waals surface area contributed by atoms with Gasteiger partial charge in [0.1, 0.15) is 10.9 Å². The number of fused-ring (bicyclic) bond motifs is 3. The highest BCUT2D eigenvalue weighted by atomic mass is 19.2. The molecule has 0 unspecified atom stereocenters. The van der Waals surface area contributed by atoms with Gasteiger partial charge in [-0.3, -0.25) is 19.8 Å². The normalized spacial score (nSPS) is 14.4. The molecule has 0 atom stereocenters. The number of carbonyl (C=O) groups excluding carboxylic acids is 1. The van der Waals surface area contributed by atoms with Crippen molar-refractivity contribution in [3.63, 3.8) is 0 Å². The van der Waals surface area contributed by atoms with E-state index in [0.717, 1.165) is 0 Å². The lowest BCUT2D eigenvalue weighted by Crippen LogP contribution is -2.22. The second kappa shape index (κ2) is 5.27. The van der Waals surface area contributed by atoms with Gasteiger partial charge in [0.2, 0.25) is 5.43 Å². The lowest BCUT2D eigenvalue weighted by Gasteiger charge is -2.14. The molecule has 0 bridgehead atoms. The molecule has 9 heteroatoms. The largest absolute Gasteiger partial charge is 0.462 e. The summed E-state index contributed by atoms with van der Waals surface area (Å²) in [5.41, 5.74) is -2.41. The molecule has 1 aliphatic rings. The van der Waals surface area contributed by atoms with Gasteiger partial charge in [-0.25, -0.2) is 13.6 Å². The number of benzene rings is 1. The first-order valence-corrected chi connectivity index (χ1v) is 7.79. The number of H-pyrrole nitrogens is 2. The quantitative estimate of drug-likeness (QED) is 0.707. The van der Waals surface area contributed by atoms with E-state index in [1.807, 2.05) is 0 Å². The van der Waals surface area contributed by atoms with Crippen LogP contribution in [0, 0.1) is 11.6 Å². The number of halogens is 2. The molecule has 0 amide bonds. The SMILES string of the molecule is CCOC(=O)c1cn(C2CC2)c2c(F)c(F)c3c(=O)[nH][nH]c3c2c1=O. The van der Waals surface area contributed by atoms with Gasteiger partial charge in [0.05, 0.1) is 23.0 Å². The Balaban J connectivity index is 2.24. The van der Waals surface area contributed by atoms with E-state index < -0.39 is 34.0 Å². The number of hydrogen-bond donors (Lipinski definition) is 2. The number of carbonyl (C=O) groups is 1. The first kappa shape index (κ1) is 15.6. The summed E-state index contributed by atoms with van der Waals surface area (Å²) >= 11 is 0. The van der Waals surface area contributed by atoms with Gasteiger partial charge in [0.15, 0.2) is 11.6 Å². The predicted molar refractivity (Wildman–Crippen MR) is 84.8 cm³/mol. The van der Waals surface area contributed by atoms with E-state index in [1.165, 1.54) is 10.8 Å². The summed E-state index contributed by atoms with van der Waals surface area (Å²) < 4.78 is 35.3. The highest BCUT2D eigenvalue weighted by molar-refractivity contribution is 6.06. The average molecular weight is 349 g/mol. The number of rotatable bonds is 3. The van der Waals surface area contributed by atoms with Crippen LogP contribution >= 0.6 is 0 Å². The van der Waals surface area contributed by atoms with Crippen molar-refractivity contribution in [3.8, 4) is 0 Å². The molecule has 130 valence electrons. The van der Waals surface area contributed by atoms with Gasteiger partial charge in [-0.15, -0.1) is 0 Å². The standard InChI is InChI=1S/C16H13F2N3O4/c1-2-25-16(24)7-5-21(6-3-4-6)13-9(14(7)22)12-8(10(17)11(13)18)15(23)20-19-12/h5-6H,2-4H2,1H3,(H2,19,20,23). The third-order valence-corrected chi connectivity index (χ3v) is 4.32. The topological polar surface area (TPSA) is 96.9 Å². The van der Waals surface area contributed by atoms with E-state index >= 15 is 0 Å². The molecule has 0 radical (unpaired) electrons. The second-order valence-corrected chi connectivity index (χ2v) is 5.91. The van der Waals surface area contributed by atoms with Crippen LogP contribution in [0.25, 0.3) is 21.8 Å². The van der Waals surface area contributed by atoms with Crippen LogP contribution in [0.4, 0.5) is 8.78 Å². The van der Waals surface area contributed by atoms with Crippen LogP contribution in [0.15, 0.2) is 15.8 Å². The Labute approximate surface area is 138 Å². The summed E-state index contributed by atoms with van der Waals surface area (Å²) in [6.45, 7) is 1.66. The zero-order chi connectivity index (χ0) is 17.9. The molecular formula is C16H13F2N3O4. The van der Waals surface area contributed by atoms with Crippen LogP contribution in [0.5, 0.6) is 0 Å². The van der Waals surface area contributed by atoms with E-state index in [2.05, 4.69) is 10.2 Å². The number of aromatic nitrogens is 3. The van der Waals surface area contributed by atoms with Crippen LogP contribution < -0.4 is 11.0 Å². The Bertz CT molecular complexity index is 1150. The number of aromatic amines is 2. The molecule has 4 rings (SSSR count). The first-order valence-electron chi connectivity index (χ1n) is 7.79. The number of ether oxygens (including phenoxy) is 1. The monoisotopic (exact) mass is 349 g/mol. The lowest BCUT2D eigenvalue weighted by molar-refractivity contribution is 0.0524. The minimum absolute atomic E-state index is 0.0634. The smallest absolute Gasteiger partial charge is 0.343 e. The molecular weight excluding hydrogens is 336 g/mol. The highest BCUT2D eigenvalue weighted by Crippen LogP contribution is 2.39. The van der Waals surface area contributed by atoms with Crippen molar-refractivity contribution in [2.24, 2.45) is 0 Å². The van der Waals surface area contributed by atoms with E-state index in [9.17, 15) is 23.2 Å². The number of pyridine rings is 1. The molecule has 1 fully saturated rings. The molecule has 0 saturated heterocycles. The van der Waals surface area contributed by atoms with E-state index in [-0.39, 0.29) is 34.6 Å². The van der Waals surface area contributed by atoms with Crippen molar-refractivity contribution in [1.82, 2.24) is 14.8 Å². The minimum Gasteiger partial charge on any atom is -0.462 e. The fourth-order valence-electron chi connectivity index (χ4n) is 3.05. The fourth-order valence-corrected chi connectivity index (χ4v) is 3.05. The number of hydrogen-bond acceptors (Lipinski definition) is 4. The van der Waals surface area contributed by atoms with Crippen molar-refractivity contribution in [3.05, 3.63) is 44.0 Å². The van der Waals surface area contributed by atoms with Crippen molar-refractivity contribution in [1.29, 1.82) is 0 Å². The molecule has 0 spiro atoms. The molecule has 25 heavy (non-hydrogen) atoms. The van der Waals surface area contributed by atoms with Gasteiger partial charge >= 0.3 is 5.97 Å². The van der Waals surface area contributed by atoms with Crippen molar-refractivity contribution in [2.45, 2.75) is 25.8 Å². The van der Waals surface area contributed by atoms with E-state index in [4.69, 9.17) is 4.74 Å². The summed E-state index contributed by atoms with van der Waals surface area (Å²) in [6, 6.07) is -0.145. The van der Waals surface area contributed by atoms with E-state index in [1.54, 1.807) is 6.92 Å². The predicted octanol–water partition coefficient (Wildman–Crippen LogP) is 1.96. The Morgan fingerprint density at radius 1 is 1.24 bits per heavy atom. The molecule has 1 saturated carbocycles. The van der Waals surface area contributed by atoms with Gasteiger partial charge in [0.25, 0.3) is 5.56 Å². The summed E-state index contributed by atoms with van der Waals surface area (Å²) in [4.78, 5) is 36.7. The van der Waals surface area contributed by atoms with Gasteiger partial charge < -0.3 is 9.30 Å². The van der Waals surface area contributed by atoms with Crippen molar-refractivity contribution in [2.75, 3.05) is 6.61 Å². The molecule has 3 aromatic rings. The minimum atomic E-state index is -1.33. The summed E-state index contributed by atoms with van der Waals surface area (Å²) in [6.07, 6.45) is 2.63. The van der Waals surface area contributed by atoms with Gasteiger partial charge in [-0.1, -0.05) is 0 Å². The van der Waals surface area contributed by atoms with Crippen molar-refractivity contribution >= 4 is 27.8 Å². The summed E-state index contributed by atoms with van der Waals surface area (Å²) in [7, 11) is 0. The van der Waals surface area contributed by atoms with Crippen LogP contribution in [-0.2, 0) is 4.74 Å². The molecule has 0 aliphatic heterocycles. The average Bonchev–Trinajstić information content (AvgIpc) is 3.35. The Kier molecular flexibility index (Phi) is 3.28. The maximum Gasteiger partial charge on any atom is 0.343 e. The zero-order valence-electron chi connectivity index (χ0n) is 13.1. The third kappa shape index (κ3) is 2.11. The third-order valence-electron chi connectivity index (χ3n) is 4.32. The highest BCUT2D eigenvalue weighted by Gasteiger charge is 2.31. The van der Waals surface area contributed by atoms with Crippen LogP contribution in [0.3, 0.4) is 0 Å². The molecule has 7 nitrogen and oxygen atoms in total. The molecule has 1 aliphatic carbocycles. The van der Waals surface area contributed by atoms with Crippen molar-refractivity contribution < 1.29 is 18.3 Å². The van der Waals surface area contributed by atoms with Gasteiger partial charge in [-0.05, 0) is 19.8 Å². The van der Waals surface area contributed by atoms with E-state index in [0.29, 0.717) is 12.8 Å². The molecule has 1 aromatic carbocycles. The van der Waals surface area contributed by atoms with Crippen LogP contribution in [0.1, 0.15) is 36.2 Å². The Morgan fingerprint density at radius 2 is 1.96 bits per heavy atom.